The number of pyridine rings is 1. The molecule has 0 bridgehead atoms. The zero-order valence-corrected chi connectivity index (χ0v) is 15.9. The van der Waals surface area contributed by atoms with E-state index in [2.05, 4.69) is 10.3 Å². The number of carbonyl (C=O) groups excluding carboxylic acids is 2. The molecule has 2 amide bonds. The first-order valence-corrected chi connectivity index (χ1v) is 9.19. The van der Waals surface area contributed by atoms with Crippen molar-refractivity contribution in [3.05, 3.63) is 101 Å². The van der Waals surface area contributed by atoms with Crippen molar-refractivity contribution in [2.24, 2.45) is 0 Å². The SMILES string of the molecule is O=C1C(Nc2cccc(F)c2)=C(c2ccc(Cl)cc2)C(=O)N1Cc1ccccn1. The molecule has 1 N–H and O–H groups in total. The van der Waals surface area contributed by atoms with Gasteiger partial charge in [-0.15, -0.1) is 0 Å². The summed E-state index contributed by atoms with van der Waals surface area (Å²) in [6.07, 6.45) is 1.60. The van der Waals surface area contributed by atoms with Crippen molar-refractivity contribution in [2.75, 3.05) is 5.32 Å². The highest BCUT2D eigenvalue weighted by Crippen LogP contribution is 2.32. The molecule has 5 nitrogen and oxygen atoms in total. The monoisotopic (exact) mass is 407 g/mol. The molecule has 0 saturated heterocycles. The number of nitrogens with zero attached hydrogens (tertiary/aromatic N) is 2. The number of rotatable bonds is 5. The number of halogens is 2. The molecule has 0 spiro atoms. The lowest BCUT2D eigenvalue weighted by Gasteiger charge is -2.14. The number of aromatic nitrogens is 1. The topological polar surface area (TPSA) is 62.3 Å². The van der Waals surface area contributed by atoms with E-state index in [9.17, 15) is 14.0 Å². The summed E-state index contributed by atoms with van der Waals surface area (Å²) in [5.41, 5.74) is 1.77. The molecule has 2 aromatic carbocycles. The average Bonchev–Trinajstić information content (AvgIpc) is 2.94. The van der Waals surface area contributed by atoms with Crippen LogP contribution in [0.1, 0.15) is 11.3 Å². The number of benzene rings is 2. The molecule has 3 aromatic rings. The predicted octanol–water partition coefficient (Wildman–Crippen LogP) is 4.27. The second-order valence-corrected chi connectivity index (χ2v) is 6.85. The van der Waals surface area contributed by atoms with E-state index in [0.29, 0.717) is 22.0 Å². The van der Waals surface area contributed by atoms with Gasteiger partial charge in [0.25, 0.3) is 11.8 Å². The maximum atomic E-state index is 13.6. The van der Waals surface area contributed by atoms with Crippen LogP contribution in [0.15, 0.2) is 78.6 Å². The molecule has 29 heavy (non-hydrogen) atoms. The fourth-order valence-electron chi connectivity index (χ4n) is 3.08. The first-order chi connectivity index (χ1) is 14.0. The van der Waals surface area contributed by atoms with Crippen LogP contribution in [0.2, 0.25) is 5.02 Å². The smallest absolute Gasteiger partial charge is 0.278 e. The van der Waals surface area contributed by atoms with Gasteiger partial charge in [-0.1, -0.05) is 35.9 Å². The minimum absolute atomic E-state index is 0.0317. The van der Waals surface area contributed by atoms with Gasteiger partial charge < -0.3 is 5.32 Å². The van der Waals surface area contributed by atoms with Crippen LogP contribution in [0.4, 0.5) is 10.1 Å². The standard InChI is InChI=1S/C22H15ClFN3O2/c23-15-9-7-14(8-10-15)19-20(26-17-6-3-4-16(24)12-17)22(29)27(21(19)28)13-18-5-1-2-11-25-18/h1-12,26H,13H2. The van der Waals surface area contributed by atoms with Crippen molar-refractivity contribution in [1.29, 1.82) is 0 Å². The van der Waals surface area contributed by atoms with Crippen LogP contribution in [0.5, 0.6) is 0 Å². The third-order valence-electron chi connectivity index (χ3n) is 4.44. The molecule has 0 unspecified atom stereocenters. The van der Waals surface area contributed by atoms with Gasteiger partial charge in [-0.3, -0.25) is 19.5 Å². The van der Waals surface area contributed by atoms with Gasteiger partial charge in [0.1, 0.15) is 11.5 Å². The largest absolute Gasteiger partial charge is 0.350 e. The molecule has 144 valence electrons. The highest BCUT2D eigenvalue weighted by molar-refractivity contribution is 6.36. The van der Waals surface area contributed by atoms with Gasteiger partial charge in [-0.05, 0) is 48.0 Å². The zero-order valence-electron chi connectivity index (χ0n) is 15.1. The van der Waals surface area contributed by atoms with E-state index in [-0.39, 0.29) is 17.8 Å². The van der Waals surface area contributed by atoms with Gasteiger partial charge in [0.05, 0.1) is 17.8 Å². The average molecular weight is 408 g/mol. The summed E-state index contributed by atoms with van der Waals surface area (Å²) < 4.78 is 13.6. The molecule has 0 radical (unpaired) electrons. The molecule has 4 rings (SSSR count). The maximum absolute atomic E-state index is 13.6. The molecular weight excluding hydrogens is 393 g/mol. The minimum atomic E-state index is -0.505. The third kappa shape index (κ3) is 3.88. The second kappa shape index (κ2) is 7.85. The predicted molar refractivity (Wildman–Crippen MR) is 108 cm³/mol. The van der Waals surface area contributed by atoms with Crippen LogP contribution in [0.25, 0.3) is 5.57 Å². The van der Waals surface area contributed by atoms with E-state index >= 15 is 0 Å². The van der Waals surface area contributed by atoms with Crippen molar-refractivity contribution in [2.45, 2.75) is 6.54 Å². The van der Waals surface area contributed by atoms with Crippen molar-refractivity contribution in [1.82, 2.24) is 9.88 Å². The lowest BCUT2D eigenvalue weighted by molar-refractivity contribution is -0.137. The Balaban J connectivity index is 1.75. The van der Waals surface area contributed by atoms with Crippen LogP contribution in [0, 0.1) is 5.82 Å². The number of carbonyl (C=O) groups is 2. The molecule has 1 aromatic heterocycles. The number of imide groups is 1. The van der Waals surface area contributed by atoms with Gasteiger partial charge >= 0.3 is 0 Å². The highest BCUT2D eigenvalue weighted by Gasteiger charge is 2.39. The fourth-order valence-corrected chi connectivity index (χ4v) is 3.21. The van der Waals surface area contributed by atoms with Crippen LogP contribution in [-0.2, 0) is 16.1 Å². The Morgan fingerprint density at radius 3 is 2.45 bits per heavy atom. The Hall–Kier alpha value is -3.51. The summed E-state index contributed by atoms with van der Waals surface area (Å²) in [6, 6.07) is 17.6. The molecule has 1 aliphatic heterocycles. The maximum Gasteiger partial charge on any atom is 0.278 e. The van der Waals surface area contributed by atoms with Crippen LogP contribution < -0.4 is 5.32 Å². The molecule has 0 fully saturated rings. The van der Waals surface area contributed by atoms with Gasteiger partial charge in [0, 0.05) is 16.9 Å². The van der Waals surface area contributed by atoms with Gasteiger partial charge in [0.2, 0.25) is 0 Å². The van der Waals surface area contributed by atoms with Gasteiger partial charge in [0.15, 0.2) is 0 Å². The minimum Gasteiger partial charge on any atom is -0.350 e. The third-order valence-corrected chi connectivity index (χ3v) is 4.69. The van der Waals surface area contributed by atoms with Crippen molar-refractivity contribution in [3.63, 3.8) is 0 Å². The van der Waals surface area contributed by atoms with E-state index < -0.39 is 17.6 Å². The van der Waals surface area contributed by atoms with Gasteiger partial charge in [-0.25, -0.2) is 4.39 Å². The van der Waals surface area contributed by atoms with Crippen LogP contribution >= 0.6 is 11.6 Å². The summed E-state index contributed by atoms with van der Waals surface area (Å²) in [7, 11) is 0. The van der Waals surface area contributed by atoms with Crippen LogP contribution in [0.3, 0.4) is 0 Å². The first kappa shape index (κ1) is 18.8. The van der Waals surface area contributed by atoms with E-state index in [1.807, 2.05) is 0 Å². The Morgan fingerprint density at radius 2 is 1.76 bits per heavy atom. The number of amides is 2. The summed E-state index contributed by atoms with van der Waals surface area (Å²) in [5, 5.41) is 3.43. The zero-order chi connectivity index (χ0) is 20.4. The first-order valence-electron chi connectivity index (χ1n) is 8.82. The van der Waals surface area contributed by atoms with Crippen molar-refractivity contribution >= 4 is 34.7 Å². The Kier molecular flexibility index (Phi) is 5.10. The lowest BCUT2D eigenvalue weighted by atomic mass is 10.0. The molecule has 0 atom stereocenters. The van der Waals surface area contributed by atoms with E-state index in [1.165, 1.54) is 18.2 Å². The lowest BCUT2D eigenvalue weighted by Crippen LogP contribution is -2.32. The highest BCUT2D eigenvalue weighted by atomic mass is 35.5. The van der Waals surface area contributed by atoms with E-state index in [4.69, 9.17) is 11.6 Å². The number of hydrogen-bond donors (Lipinski definition) is 1. The van der Waals surface area contributed by atoms with E-state index in [1.54, 1.807) is 54.7 Å². The Labute approximate surface area is 171 Å². The number of anilines is 1. The molecular formula is C22H15ClFN3O2. The normalized spacial score (nSPS) is 13.9. The molecule has 0 aliphatic carbocycles. The van der Waals surface area contributed by atoms with Gasteiger partial charge in [-0.2, -0.15) is 0 Å². The molecule has 0 saturated carbocycles. The van der Waals surface area contributed by atoms with Crippen LogP contribution in [-0.4, -0.2) is 21.7 Å². The summed E-state index contributed by atoms with van der Waals surface area (Å²) in [5.74, 6) is -1.41. The summed E-state index contributed by atoms with van der Waals surface area (Å²) >= 11 is 5.96. The second-order valence-electron chi connectivity index (χ2n) is 6.41. The van der Waals surface area contributed by atoms with Crippen molar-refractivity contribution < 1.29 is 14.0 Å². The summed E-state index contributed by atoms with van der Waals surface area (Å²) in [4.78, 5) is 31.6. The molecule has 7 heteroatoms. The van der Waals surface area contributed by atoms with Crippen molar-refractivity contribution in [3.8, 4) is 0 Å². The summed E-state index contributed by atoms with van der Waals surface area (Å²) in [6.45, 7) is 0.0317. The number of nitrogens with one attached hydrogen (secondary N) is 1. The Morgan fingerprint density at radius 1 is 0.966 bits per heavy atom. The van der Waals surface area contributed by atoms with E-state index in [0.717, 1.165) is 4.90 Å². The number of hydrogen-bond acceptors (Lipinski definition) is 4. The quantitative estimate of drug-likeness (QED) is 0.642. The fraction of sp³-hybridized carbons (Fsp3) is 0.0455. The molecule has 2 heterocycles. The molecule has 1 aliphatic rings. The Bertz CT molecular complexity index is 1110.